The molecule has 0 amide bonds. The Morgan fingerprint density at radius 2 is 2.00 bits per heavy atom. The number of benzene rings is 1. The SMILES string of the molecule is CCCOc1ccccc1C1(F)CCC(N)CC1. The van der Waals surface area contributed by atoms with E-state index in [2.05, 4.69) is 0 Å². The van der Waals surface area contributed by atoms with E-state index in [1.807, 2.05) is 31.2 Å². The minimum Gasteiger partial charge on any atom is -0.493 e. The second-order valence-corrected chi connectivity index (χ2v) is 5.15. The molecule has 0 saturated heterocycles. The molecule has 1 aliphatic rings. The molecule has 3 heteroatoms. The van der Waals surface area contributed by atoms with Gasteiger partial charge in [0.15, 0.2) is 0 Å². The number of nitrogens with two attached hydrogens (primary N) is 1. The van der Waals surface area contributed by atoms with Gasteiger partial charge in [-0.15, -0.1) is 0 Å². The highest BCUT2D eigenvalue weighted by molar-refractivity contribution is 5.38. The van der Waals surface area contributed by atoms with E-state index in [0.717, 1.165) is 19.3 Å². The van der Waals surface area contributed by atoms with Crippen molar-refractivity contribution in [2.45, 2.75) is 50.7 Å². The highest BCUT2D eigenvalue weighted by Gasteiger charge is 2.38. The monoisotopic (exact) mass is 251 g/mol. The molecule has 0 radical (unpaired) electrons. The van der Waals surface area contributed by atoms with E-state index in [1.165, 1.54) is 0 Å². The number of halogens is 1. The van der Waals surface area contributed by atoms with Gasteiger partial charge in [-0.2, -0.15) is 0 Å². The summed E-state index contributed by atoms with van der Waals surface area (Å²) >= 11 is 0. The molecule has 1 saturated carbocycles. The van der Waals surface area contributed by atoms with Crippen LogP contribution in [0.2, 0.25) is 0 Å². The van der Waals surface area contributed by atoms with E-state index in [9.17, 15) is 0 Å². The lowest BCUT2D eigenvalue weighted by molar-refractivity contribution is 0.0934. The van der Waals surface area contributed by atoms with Crippen molar-refractivity contribution in [2.24, 2.45) is 5.73 Å². The molecule has 2 nitrogen and oxygen atoms in total. The summed E-state index contributed by atoms with van der Waals surface area (Å²) in [5.74, 6) is 0.692. The third kappa shape index (κ3) is 2.83. The molecule has 2 rings (SSSR count). The van der Waals surface area contributed by atoms with Crippen molar-refractivity contribution in [3.8, 4) is 5.75 Å². The van der Waals surface area contributed by atoms with Crippen molar-refractivity contribution in [1.82, 2.24) is 0 Å². The zero-order valence-corrected chi connectivity index (χ0v) is 11.0. The number of ether oxygens (including phenoxy) is 1. The first-order valence-corrected chi connectivity index (χ1v) is 6.82. The molecule has 0 aromatic heterocycles. The van der Waals surface area contributed by atoms with Gasteiger partial charge in [-0.25, -0.2) is 4.39 Å². The van der Waals surface area contributed by atoms with Crippen LogP contribution < -0.4 is 10.5 Å². The lowest BCUT2D eigenvalue weighted by Crippen LogP contribution is -2.34. The van der Waals surface area contributed by atoms with Crippen molar-refractivity contribution in [2.75, 3.05) is 6.61 Å². The van der Waals surface area contributed by atoms with Crippen LogP contribution in [-0.2, 0) is 5.67 Å². The van der Waals surface area contributed by atoms with Crippen LogP contribution in [0.15, 0.2) is 24.3 Å². The zero-order valence-electron chi connectivity index (χ0n) is 11.0. The summed E-state index contributed by atoms with van der Waals surface area (Å²) in [5.41, 5.74) is 5.29. The van der Waals surface area contributed by atoms with Crippen LogP contribution in [0, 0.1) is 0 Å². The molecule has 1 fully saturated rings. The van der Waals surface area contributed by atoms with Gasteiger partial charge in [0.25, 0.3) is 0 Å². The third-order valence-electron chi connectivity index (χ3n) is 3.65. The Morgan fingerprint density at radius 1 is 1.33 bits per heavy atom. The van der Waals surface area contributed by atoms with Gasteiger partial charge in [0, 0.05) is 11.6 Å². The molecule has 1 aromatic rings. The second kappa shape index (κ2) is 5.70. The first kappa shape index (κ1) is 13.3. The maximum atomic E-state index is 15.0. The summed E-state index contributed by atoms with van der Waals surface area (Å²) in [5, 5.41) is 0. The summed E-state index contributed by atoms with van der Waals surface area (Å²) in [6.07, 6.45) is 3.43. The fraction of sp³-hybridized carbons (Fsp3) is 0.600. The molecule has 0 bridgehead atoms. The molecule has 1 aromatic carbocycles. The van der Waals surface area contributed by atoms with Crippen molar-refractivity contribution in [3.05, 3.63) is 29.8 Å². The summed E-state index contributed by atoms with van der Waals surface area (Å²) in [6, 6.07) is 7.64. The molecule has 2 N–H and O–H groups in total. The molecule has 100 valence electrons. The van der Waals surface area contributed by atoms with E-state index in [4.69, 9.17) is 10.5 Å². The number of alkyl halides is 1. The Kier molecular flexibility index (Phi) is 4.23. The Balaban J connectivity index is 2.20. The predicted molar refractivity (Wildman–Crippen MR) is 71.5 cm³/mol. The van der Waals surface area contributed by atoms with Gasteiger partial charge in [0.1, 0.15) is 11.4 Å². The smallest absolute Gasteiger partial charge is 0.139 e. The van der Waals surface area contributed by atoms with Crippen LogP contribution in [0.25, 0.3) is 0 Å². The molecule has 18 heavy (non-hydrogen) atoms. The molecule has 0 spiro atoms. The maximum Gasteiger partial charge on any atom is 0.139 e. The summed E-state index contributed by atoms with van der Waals surface area (Å²) in [6.45, 7) is 2.68. The Bertz CT molecular complexity index is 386. The van der Waals surface area contributed by atoms with Gasteiger partial charge in [-0.05, 0) is 38.2 Å². The fourth-order valence-electron chi connectivity index (χ4n) is 2.54. The van der Waals surface area contributed by atoms with Crippen molar-refractivity contribution >= 4 is 0 Å². The molecular formula is C15H22FNO. The topological polar surface area (TPSA) is 35.2 Å². The highest BCUT2D eigenvalue weighted by Crippen LogP contribution is 2.44. The Morgan fingerprint density at radius 3 is 2.67 bits per heavy atom. The lowest BCUT2D eigenvalue weighted by Gasteiger charge is -2.33. The summed E-state index contributed by atoms with van der Waals surface area (Å²) in [4.78, 5) is 0. The van der Waals surface area contributed by atoms with E-state index in [-0.39, 0.29) is 6.04 Å². The van der Waals surface area contributed by atoms with Gasteiger partial charge in [0.2, 0.25) is 0 Å². The molecule has 0 atom stereocenters. The average molecular weight is 251 g/mol. The van der Waals surface area contributed by atoms with Crippen molar-refractivity contribution in [3.63, 3.8) is 0 Å². The average Bonchev–Trinajstić information content (AvgIpc) is 2.40. The van der Waals surface area contributed by atoms with Crippen LogP contribution in [0.5, 0.6) is 5.75 Å². The van der Waals surface area contributed by atoms with E-state index >= 15 is 4.39 Å². The van der Waals surface area contributed by atoms with E-state index in [0.29, 0.717) is 30.8 Å². The molecular weight excluding hydrogens is 229 g/mol. The normalized spacial score (nSPS) is 28.1. The minimum atomic E-state index is -1.26. The molecule has 1 aliphatic carbocycles. The second-order valence-electron chi connectivity index (χ2n) is 5.15. The third-order valence-corrected chi connectivity index (χ3v) is 3.65. The Hall–Kier alpha value is -1.09. The number of rotatable bonds is 4. The largest absolute Gasteiger partial charge is 0.493 e. The van der Waals surface area contributed by atoms with Crippen LogP contribution >= 0.6 is 0 Å². The van der Waals surface area contributed by atoms with Gasteiger partial charge >= 0.3 is 0 Å². The van der Waals surface area contributed by atoms with E-state index in [1.54, 1.807) is 0 Å². The van der Waals surface area contributed by atoms with Crippen molar-refractivity contribution < 1.29 is 9.13 Å². The first-order valence-electron chi connectivity index (χ1n) is 6.82. The van der Waals surface area contributed by atoms with Crippen LogP contribution in [-0.4, -0.2) is 12.6 Å². The summed E-state index contributed by atoms with van der Waals surface area (Å²) in [7, 11) is 0. The van der Waals surface area contributed by atoms with Gasteiger partial charge in [-0.3, -0.25) is 0 Å². The maximum absolute atomic E-state index is 15.0. The number of para-hydroxylation sites is 1. The fourth-order valence-corrected chi connectivity index (χ4v) is 2.54. The van der Waals surface area contributed by atoms with Gasteiger partial charge in [0.05, 0.1) is 6.61 Å². The predicted octanol–water partition coefficient (Wildman–Crippen LogP) is 3.54. The zero-order chi connectivity index (χ0) is 13.0. The van der Waals surface area contributed by atoms with Crippen LogP contribution in [0.1, 0.15) is 44.6 Å². The van der Waals surface area contributed by atoms with Crippen LogP contribution in [0.3, 0.4) is 0 Å². The quantitative estimate of drug-likeness (QED) is 0.888. The highest BCUT2D eigenvalue weighted by atomic mass is 19.1. The van der Waals surface area contributed by atoms with Gasteiger partial charge in [-0.1, -0.05) is 25.1 Å². The lowest BCUT2D eigenvalue weighted by atomic mass is 9.79. The standard InChI is InChI=1S/C15H22FNO/c1-2-11-18-14-6-4-3-5-13(14)15(16)9-7-12(17)8-10-15/h3-6,12H,2,7-11,17H2,1H3. The van der Waals surface area contributed by atoms with Crippen LogP contribution in [0.4, 0.5) is 4.39 Å². The number of hydrogen-bond donors (Lipinski definition) is 1. The minimum absolute atomic E-state index is 0.151. The van der Waals surface area contributed by atoms with E-state index < -0.39 is 5.67 Å². The Labute approximate surface area is 108 Å². The molecule has 0 aliphatic heterocycles. The van der Waals surface area contributed by atoms with Crippen molar-refractivity contribution in [1.29, 1.82) is 0 Å². The molecule has 0 heterocycles. The number of hydrogen-bond acceptors (Lipinski definition) is 2. The van der Waals surface area contributed by atoms with Gasteiger partial charge < -0.3 is 10.5 Å². The molecule has 0 unspecified atom stereocenters. The first-order chi connectivity index (χ1) is 8.65. The summed E-state index contributed by atoms with van der Waals surface area (Å²) < 4.78 is 20.7.